The third-order valence-electron chi connectivity index (χ3n) is 0. The first kappa shape index (κ1) is 33.1. The molecule has 0 spiro atoms. The van der Waals surface area contributed by atoms with Crippen molar-refractivity contribution in [3.05, 3.63) is 0 Å². The van der Waals surface area contributed by atoms with Crippen LogP contribution in [0.25, 0.3) is 0 Å². The van der Waals surface area contributed by atoms with Crippen LogP contribution in [0.1, 0.15) is 0 Å². The fourth-order valence-corrected chi connectivity index (χ4v) is 0. The minimum atomic E-state index is 0. The van der Waals surface area contributed by atoms with Gasteiger partial charge >= 0.3 is 78.7 Å². The minimum Gasteiger partial charge on any atom is -1.00 e. The Balaban J connectivity index is 0. The van der Waals surface area contributed by atoms with Crippen LogP contribution in [0.3, 0.4) is 0 Å². The second kappa shape index (κ2) is 23.3. The Hall–Kier alpha value is 4.75. The Morgan fingerprint density at radius 3 is 0.600 bits per heavy atom. The largest absolute Gasteiger partial charge is 2.00 e. The summed E-state index contributed by atoms with van der Waals surface area (Å²) in [5, 5.41) is 0. The standard InChI is InChI=1S/3HI.K.Pb/h3*1H;;/q;;;+1;+2/p-3. The molecule has 0 N–H and O–H groups in total. The first-order valence-electron chi connectivity index (χ1n) is 0. The van der Waals surface area contributed by atoms with Crippen molar-refractivity contribution in [3.63, 3.8) is 0 Å². The molecule has 0 nitrogen and oxygen atoms in total. The van der Waals surface area contributed by atoms with Gasteiger partial charge in [-0.2, -0.15) is 0 Å². The maximum atomic E-state index is 0. The average Bonchev–Trinajstić information content (AvgIpc) is 0. The van der Waals surface area contributed by atoms with Crippen molar-refractivity contribution in [1.82, 2.24) is 0 Å². The second-order valence-corrected chi connectivity index (χ2v) is 0. The molecule has 0 aromatic heterocycles. The Kier molecular flexibility index (Phi) is 154. The Morgan fingerprint density at radius 1 is 0.600 bits per heavy atom. The zero-order chi connectivity index (χ0) is 0. The molecule has 0 saturated heterocycles. The van der Waals surface area contributed by atoms with Crippen LogP contribution in [-0.4, -0.2) is 27.3 Å². The van der Waals surface area contributed by atoms with E-state index < -0.39 is 0 Å². The van der Waals surface area contributed by atoms with E-state index in [0.717, 1.165) is 0 Å². The number of halogens is 3. The van der Waals surface area contributed by atoms with Crippen LogP contribution in [0.5, 0.6) is 0 Å². The summed E-state index contributed by atoms with van der Waals surface area (Å²) in [6, 6.07) is 0. The quantitative estimate of drug-likeness (QED) is 0.185. The summed E-state index contributed by atoms with van der Waals surface area (Å²) >= 11 is 0. The zero-order valence-corrected chi connectivity index (χ0v) is 16.1. The van der Waals surface area contributed by atoms with Gasteiger partial charge in [-0.1, -0.05) is 0 Å². The normalized spacial score (nSPS) is 0. The van der Waals surface area contributed by atoms with Gasteiger partial charge in [-0.25, -0.2) is 0 Å². The molecule has 0 aromatic carbocycles. The van der Waals surface area contributed by atoms with Crippen molar-refractivity contribution in [1.29, 1.82) is 0 Å². The summed E-state index contributed by atoms with van der Waals surface area (Å²) in [5.74, 6) is 0. The Morgan fingerprint density at radius 2 is 0.600 bits per heavy atom. The molecule has 0 saturated carbocycles. The predicted molar refractivity (Wildman–Crippen MR) is 5.75 cm³/mol. The predicted octanol–water partition coefficient (Wildman–Crippen LogP) is -12.4. The van der Waals surface area contributed by atoms with Crippen molar-refractivity contribution < 1.29 is 123 Å². The number of hydrogen-bond acceptors (Lipinski definition) is 0. The van der Waals surface area contributed by atoms with Crippen LogP contribution in [0.4, 0.5) is 0 Å². The summed E-state index contributed by atoms with van der Waals surface area (Å²) < 4.78 is 0. The topological polar surface area (TPSA) is 0 Å². The molecule has 0 unspecified atom stereocenters. The van der Waals surface area contributed by atoms with Crippen molar-refractivity contribution in [2.24, 2.45) is 0 Å². The van der Waals surface area contributed by atoms with E-state index in [1.807, 2.05) is 0 Å². The van der Waals surface area contributed by atoms with E-state index in [0.29, 0.717) is 0 Å². The molecule has 0 bridgehead atoms. The molecule has 0 aliphatic heterocycles. The molecule has 0 rings (SSSR count). The molecule has 0 heterocycles. The van der Waals surface area contributed by atoms with Crippen LogP contribution < -0.4 is 123 Å². The van der Waals surface area contributed by atoms with E-state index in [-0.39, 0.29) is 151 Å². The Labute approximate surface area is 146 Å². The molecule has 2 radical (unpaired) electrons. The van der Waals surface area contributed by atoms with Crippen LogP contribution in [-0.2, 0) is 0 Å². The van der Waals surface area contributed by atoms with Gasteiger partial charge in [0.15, 0.2) is 0 Å². The fraction of sp³-hybridized carbons (Fsp3) is 0. The third kappa shape index (κ3) is 17.7. The van der Waals surface area contributed by atoms with Crippen molar-refractivity contribution in [3.8, 4) is 0 Å². The molecule has 0 fully saturated rings. The van der Waals surface area contributed by atoms with E-state index in [1.165, 1.54) is 0 Å². The van der Waals surface area contributed by atoms with Crippen molar-refractivity contribution in [2.45, 2.75) is 0 Å². The van der Waals surface area contributed by atoms with Gasteiger partial charge in [0.2, 0.25) is 0 Å². The molecule has 5 heteroatoms. The van der Waals surface area contributed by atoms with Gasteiger partial charge in [-0.3, -0.25) is 0 Å². The summed E-state index contributed by atoms with van der Waals surface area (Å²) in [5.41, 5.74) is 0. The SMILES string of the molecule is [I-].[I-].[I-].[K+].[Pb+2]. The molecular weight excluding hydrogens is 627 g/mol. The summed E-state index contributed by atoms with van der Waals surface area (Å²) in [6.45, 7) is 0. The first-order chi connectivity index (χ1) is 0. The zero-order valence-electron chi connectivity index (χ0n) is 2.63. The average molecular weight is 627 g/mol. The van der Waals surface area contributed by atoms with Crippen LogP contribution in [0.2, 0.25) is 0 Å². The maximum absolute atomic E-state index is 0. The van der Waals surface area contributed by atoms with Gasteiger partial charge in [0, 0.05) is 0 Å². The van der Waals surface area contributed by atoms with Gasteiger partial charge in [0.05, 0.1) is 0 Å². The van der Waals surface area contributed by atoms with E-state index in [1.54, 1.807) is 0 Å². The maximum Gasteiger partial charge on any atom is 2.00 e. The summed E-state index contributed by atoms with van der Waals surface area (Å²) in [6.07, 6.45) is 0. The summed E-state index contributed by atoms with van der Waals surface area (Å²) in [7, 11) is 0. The van der Waals surface area contributed by atoms with Gasteiger partial charge in [0.1, 0.15) is 0 Å². The monoisotopic (exact) mass is 628 g/mol. The van der Waals surface area contributed by atoms with Gasteiger partial charge in [-0.15, -0.1) is 0 Å². The van der Waals surface area contributed by atoms with E-state index >= 15 is 0 Å². The summed E-state index contributed by atoms with van der Waals surface area (Å²) in [4.78, 5) is 0. The van der Waals surface area contributed by atoms with Crippen molar-refractivity contribution in [2.75, 3.05) is 0 Å². The van der Waals surface area contributed by atoms with E-state index in [4.69, 9.17) is 0 Å². The molecule has 5 heavy (non-hydrogen) atoms. The van der Waals surface area contributed by atoms with Gasteiger partial charge < -0.3 is 71.9 Å². The smallest absolute Gasteiger partial charge is 1.00 e. The van der Waals surface area contributed by atoms with Gasteiger partial charge in [0.25, 0.3) is 0 Å². The van der Waals surface area contributed by atoms with Crippen LogP contribution >= 0.6 is 0 Å². The Bertz CT molecular complexity index is 6.85. The van der Waals surface area contributed by atoms with Crippen LogP contribution in [0, 0.1) is 0 Å². The molecule has 0 aliphatic rings. The molecule has 0 aromatic rings. The second-order valence-electron chi connectivity index (χ2n) is 0. The molecule has 0 amide bonds. The third-order valence-corrected chi connectivity index (χ3v) is 0. The van der Waals surface area contributed by atoms with Gasteiger partial charge in [-0.05, 0) is 0 Å². The number of rotatable bonds is 0. The van der Waals surface area contributed by atoms with Crippen LogP contribution in [0.15, 0.2) is 0 Å². The molecular formula is I3KPb. The molecule has 0 atom stereocenters. The first-order valence-corrected chi connectivity index (χ1v) is 0. The van der Waals surface area contributed by atoms with Crippen molar-refractivity contribution >= 4 is 27.3 Å². The fourth-order valence-electron chi connectivity index (χ4n) is 0. The van der Waals surface area contributed by atoms with E-state index in [2.05, 4.69) is 0 Å². The van der Waals surface area contributed by atoms with E-state index in [9.17, 15) is 0 Å². The molecule has 0 aliphatic carbocycles. The number of hydrogen-bond donors (Lipinski definition) is 0. The molecule has 26 valence electrons. The minimum absolute atomic E-state index is 0.